The number of thiazole rings is 1. The van der Waals surface area contributed by atoms with Gasteiger partial charge in [0.15, 0.2) is 10.7 Å². The van der Waals surface area contributed by atoms with Gasteiger partial charge in [-0.1, -0.05) is 32.0 Å². The number of nitrogens with zero attached hydrogens (tertiary/aromatic N) is 1. The molecule has 3 aromatic rings. The molecule has 6 heteroatoms. The van der Waals surface area contributed by atoms with Crippen LogP contribution < -0.4 is 0 Å². The Balaban J connectivity index is 0.000000847. The number of fused-ring (bicyclic) bond motifs is 1. The first kappa shape index (κ1) is 15.9. The van der Waals surface area contributed by atoms with Gasteiger partial charge in [-0.15, -0.1) is 11.3 Å². The SMILES string of the molecule is CC.COC(=O)c1csc(C(=O)c2c[nH]c3ccccc23)n1. The Morgan fingerprint density at radius 2 is 1.95 bits per heavy atom. The topological polar surface area (TPSA) is 72.1 Å². The number of carbonyl (C=O) groups excluding carboxylic acids is 2. The van der Waals surface area contributed by atoms with E-state index in [-0.39, 0.29) is 16.5 Å². The zero-order valence-electron chi connectivity index (χ0n) is 12.5. The third-order valence-electron chi connectivity index (χ3n) is 2.93. The number of carbonyl (C=O) groups is 2. The number of aromatic nitrogens is 2. The molecule has 3 rings (SSSR count). The van der Waals surface area contributed by atoms with Gasteiger partial charge in [-0.2, -0.15) is 0 Å². The maximum Gasteiger partial charge on any atom is 0.357 e. The molecule has 0 fully saturated rings. The highest BCUT2D eigenvalue weighted by atomic mass is 32.1. The van der Waals surface area contributed by atoms with E-state index in [9.17, 15) is 9.59 Å². The van der Waals surface area contributed by atoms with Gasteiger partial charge in [0.1, 0.15) is 0 Å². The molecule has 0 saturated heterocycles. The molecular formula is C16H16N2O3S. The van der Waals surface area contributed by atoms with Gasteiger partial charge >= 0.3 is 5.97 Å². The van der Waals surface area contributed by atoms with E-state index < -0.39 is 5.97 Å². The molecule has 114 valence electrons. The largest absolute Gasteiger partial charge is 0.464 e. The molecule has 0 amide bonds. The van der Waals surface area contributed by atoms with E-state index in [2.05, 4.69) is 14.7 Å². The van der Waals surface area contributed by atoms with Gasteiger partial charge in [-0.25, -0.2) is 9.78 Å². The van der Waals surface area contributed by atoms with Crippen molar-refractivity contribution in [2.75, 3.05) is 7.11 Å². The van der Waals surface area contributed by atoms with E-state index in [1.165, 1.54) is 12.5 Å². The number of rotatable bonds is 3. The Kier molecular flexibility index (Phi) is 5.06. The normalized spacial score (nSPS) is 9.95. The second-order valence-corrected chi connectivity index (χ2v) is 4.96. The van der Waals surface area contributed by atoms with Gasteiger partial charge in [-0.05, 0) is 6.07 Å². The number of nitrogens with one attached hydrogen (secondary N) is 1. The number of para-hydroxylation sites is 1. The highest BCUT2D eigenvalue weighted by Gasteiger charge is 2.19. The van der Waals surface area contributed by atoms with E-state index in [1.807, 2.05) is 38.1 Å². The van der Waals surface area contributed by atoms with Crippen LogP contribution in [0.15, 0.2) is 35.8 Å². The van der Waals surface area contributed by atoms with Crippen LogP contribution in [0.4, 0.5) is 0 Å². The van der Waals surface area contributed by atoms with Crippen LogP contribution in [0.25, 0.3) is 10.9 Å². The summed E-state index contributed by atoms with van der Waals surface area (Å²) >= 11 is 1.13. The average Bonchev–Trinajstić information content (AvgIpc) is 3.22. The quantitative estimate of drug-likeness (QED) is 0.591. The second-order valence-electron chi connectivity index (χ2n) is 4.11. The third kappa shape index (κ3) is 2.92. The maximum atomic E-state index is 12.4. The van der Waals surface area contributed by atoms with Crippen LogP contribution in [-0.2, 0) is 4.74 Å². The number of ketones is 1. The zero-order chi connectivity index (χ0) is 16.1. The van der Waals surface area contributed by atoms with E-state index >= 15 is 0 Å². The molecule has 0 saturated carbocycles. The Morgan fingerprint density at radius 1 is 1.23 bits per heavy atom. The Morgan fingerprint density at radius 3 is 2.68 bits per heavy atom. The Hall–Kier alpha value is -2.47. The number of aromatic amines is 1. The lowest BCUT2D eigenvalue weighted by molar-refractivity contribution is 0.0595. The van der Waals surface area contributed by atoms with E-state index in [4.69, 9.17) is 0 Å². The summed E-state index contributed by atoms with van der Waals surface area (Å²) in [5.41, 5.74) is 1.59. The van der Waals surface area contributed by atoms with Crippen LogP contribution in [0.5, 0.6) is 0 Å². The molecule has 0 atom stereocenters. The molecular weight excluding hydrogens is 300 g/mol. The van der Waals surface area contributed by atoms with Gasteiger partial charge in [0.2, 0.25) is 5.78 Å². The smallest absolute Gasteiger partial charge is 0.357 e. The second kappa shape index (κ2) is 7.00. The molecule has 0 aliphatic rings. The van der Waals surface area contributed by atoms with Crippen LogP contribution in [0.3, 0.4) is 0 Å². The van der Waals surface area contributed by atoms with Gasteiger partial charge < -0.3 is 9.72 Å². The Labute approximate surface area is 132 Å². The molecule has 1 aromatic carbocycles. The summed E-state index contributed by atoms with van der Waals surface area (Å²) in [6, 6.07) is 7.53. The molecule has 0 radical (unpaired) electrons. The highest BCUT2D eigenvalue weighted by Crippen LogP contribution is 2.22. The van der Waals surface area contributed by atoms with Gasteiger partial charge in [0.05, 0.1) is 12.7 Å². The van der Waals surface area contributed by atoms with Crippen molar-refractivity contribution in [1.29, 1.82) is 0 Å². The summed E-state index contributed by atoms with van der Waals surface area (Å²) in [5, 5.41) is 2.64. The molecule has 0 aliphatic carbocycles. The van der Waals surface area contributed by atoms with Gasteiger partial charge in [0, 0.05) is 22.5 Å². The molecule has 0 aliphatic heterocycles. The van der Waals surface area contributed by atoms with Crippen molar-refractivity contribution in [1.82, 2.24) is 9.97 Å². The molecule has 0 unspecified atom stereocenters. The van der Waals surface area contributed by atoms with Crippen molar-refractivity contribution in [3.8, 4) is 0 Å². The number of benzene rings is 1. The summed E-state index contributed by atoms with van der Waals surface area (Å²) in [5.74, 6) is -0.748. The molecule has 5 nitrogen and oxygen atoms in total. The lowest BCUT2D eigenvalue weighted by Gasteiger charge is -1.95. The van der Waals surface area contributed by atoms with Crippen LogP contribution in [0, 0.1) is 0 Å². The highest BCUT2D eigenvalue weighted by molar-refractivity contribution is 7.12. The Bertz CT molecular complexity index is 804. The fourth-order valence-electron chi connectivity index (χ4n) is 1.95. The summed E-state index contributed by atoms with van der Waals surface area (Å²) in [6.45, 7) is 4.00. The monoisotopic (exact) mass is 316 g/mol. The summed E-state index contributed by atoms with van der Waals surface area (Å²) in [7, 11) is 1.28. The average molecular weight is 316 g/mol. The molecule has 1 N–H and O–H groups in total. The first-order valence-electron chi connectivity index (χ1n) is 6.85. The maximum absolute atomic E-state index is 12.4. The summed E-state index contributed by atoms with van der Waals surface area (Å²) < 4.78 is 4.58. The van der Waals surface area contributed by atoms with Crippen LogP contribution in [0.2, 0.25) is 0 Å². The standard InChI is InChI=1S/C14H10N2O3S.C2H6/c1-19-14(18)11-7-20-13(16-11)12(17)9-6-15-10-5-3-2-4-8(9)10;1-2/h2-7,15H,1H3;1-2H3. The van der Waals surface area contributed by atoms with Gasteiger partial charge in [0.25, 0.3) is 0 Å². The predicted molar refractivity (Wildman–Crippen MR) is 86.5 cm³/mol. The molecule has 0 spiro atoms. The fraction of sp³-hybridized carbons (Fsp3) is 0.188. The van der Waals surface area contributed by atoms with E-state index in [1.54, 1.807) is 6.20 Å². The van der Waals surface area contributed by atoms with Gasteiger partial charge in [-0.3, -0.25) is 4.79 Å². The zero-order valence-corrected chi connectivity index (χ0v) is 13.4. The molecule has 0 bridgehead atoms. The lowest BCUT2D eigenvalue weighted by atomic mass is 10.1. The molecule has 2 heterocycles. The fourth-order valence-corrected chi connectivity index (χ4v) is 2.69. The minimum atomic E-state index is -0.542. The third-order valence-corrected chi connectivity index (χ3v) is 3.77. The van der Waals surface area contributed by atoms with Crippen molar-refractivity contribution >= 4 is 34.0 Å². The first-order chi connectivity index (χ1) is 10.7. The minimum absolute atomic E-state index is 0.153. The first-order valence-corrected chi connectivity index (χ1v) is 7.73. The van der Waals surface area contributed by atoms with Crippen molar-refractivity contribution in [2.24, 2.45) is 0 Å². The number of hydrogen-bond donors (Lipinski definition) is 1. The van der Waals surface area contributed by atoms with Crippen molar-refractivity contribution in [2.45, 2.75) is 13.8 Å². The van der Waals surface area contributed by atoms with E-state index in [0.717, 1.165) is 22.2 Å². The van der Waals surface area contributed by atoms with Crippen LogP contribution >= 0.6 is 11.3 Å². The van der Waals surface area contributed by atoms with Crippen molar-refractivity contribution in [3.05, 3.63) is 52.1 Å². The minimum Gasteiger partial charge on any atom is -0.464 e. The lowest BCUT2D eigenvalue weighted by Crippen LogP contribution is -2.04. The predicted octanol–water partition coefficient (Wildman–Crippen LogP) is 3.67. The number of H-pyrrole nitrogens is 1. The summed E-state index contributed by atoms with van der Waals surface area (Å²) in [6.07, 6.45) is 1.66. The number of hydrogen-bond acceptors (Lipinski definition) is 5. The molecule has 2 aromatic heterocycles. The van der Waals surface area contributed by atoms with E-state index in [0.29, 0.717) is 5.56 Å². The molecule has 22 heavy (non-hydrogen) atoms. The van der Waals surface area contributed by atoms with Crippen LogP contribution in [0.1, 0.15) is 39.7 Å². The van der Waals surface area contributed by atoms with Crippen molar-refractivity contribution in [3.63, 3.8) is 0 Å². The number of ether oxygens (including phenoxy) is 1. The van der Waals surface area contributed by atoms with Crippen molar-refractivity contribution < 1.29 is 14.3 Å². The summed E-state index contributed by atoms with van der Waals surface area (Å²) in [4.78, 5) is 30.8. The number of esters is 1. The number of methoxy groups -OCH3 is 1. The van der Waals surface area contributed by atoms with Crippen LogP contribution in [-0.4, -0.2) is 28.8 Å².